The zero-order chi connectivity index (χ0) is 26.0. The molecule has 0 aliphatic carbocycles. The number of hydrogen-bond donors (Lipinski definition) is 1. The van der Waals surface area contributed by atoms with Gasteiger partial charge in [-0.15, -0.1) is 0 Å². The first kappa shape index (κ1) is 25.0. The molecule has 1 unspecified atom stereocenters. The molecule has 1 N–H and O–H groups in total. The van der Waals surface area contributed by atoms with Gasteiger partial charge in [-0.1, -0.05) is 36.4 Å². The van der Waals surface area contributed by atoms with Crippen molar-refractivity contribution >= 4 is 24.0 Å². The minimum absolute atomic E-state index is 0.176. The molecule has 0 aromatic heterocycles. The standard InChI is InChI=1S/C28H26F3N3O2/c1-16(33-28(35)20-12-13-36-24-11-6-5-8-18(20)24)27(34(3)4)21-10-7-9-19(26(21)32-2)22-14-17(29)15-23(30)25(22)31/h5-11,14-15,20H,2,12-13H2,1,3-4H3,(H,33,35)/b27-16-. The van der Waals surface area contributed by atoms with E-state index in [0.717, 1.165) is 11.6 Å². The van der Waals surface area contributed by atoms with Crippen molar-refractivity contribution in [3.63, 3.8) is 0 Å². The fourth-order valence-corrected chi connectivity index (χ4v) is 4.60. The molecule has 0 saturated carbocycles. The summed E-state index contributed by atoms with van der Waals surface area (Å²) in [4.78, 5) is 19.2. The van der Waals surface area contributed by atoms with Gasteiger partial charge in [-0.25, -0.2) is 13.2 Å². The summed E-state index contributed by atoms with van der Waals surface area (Å²) in [6.07, 6.45) is 0.535. The number of benzene rings is 3. The maximum Gasteiger partial charge on any atom is 0.231 e. The molecule has 1 heterocycles. The van der Waals surface area contributed by atoms with Crippen molar-refractivity contribution in [3.8, 4) is 16.9 Å². The normalized spacial score (nSPS) is 15.3. The molecular weight excluding hydrogens is 467 g/mol. The minimum atomic E-state index is -1.30. The van der Waals surface area contributed by atoms with Crippen molar-refractivity contribution in [3.05, 3.63) is 88.9 Å². The molecule has 0 bridgehead atoms. The van der Waals surface area contributed by atoms with Crippen LogP contribution < -0.4 is 10.1 Å². The third-order valence-corrected chi connectivity index (χ3v) is 6.12. The van der Waals surface area contributed by atoms with Gasteiger partial charge < -0.3 is 15.0 Å². The number of allylic oxidation sites excluding steroid dienone is 1. The lowest BCUT2D eigenvalue weighted by atomic mass is 9.92. The van der Waals surface area contributed by atoms with Crippen LogP contribution >= 0.6 is 0 Å². The average molecular weight is 494 g/mol. The van der Waals surface area contributed by atoms with Crippen LogP contribution in [0.3, 0.4) is 0 Å². The quantitative estimate of drug-likeness (QED) is 0.337. The molecule has 1 atom stereocenters. The molecule has 3 aromatic rings. The molecule has 0 spiro atoms. The first-order valence-electron chi connectivity index (χ1n) is 11.4. The van der Waals surface area contributed by atoms with Gasteiger partial charge in [0.25, 0.3) is 0 Å². The van der Waals surface area contributed by atoms with E-state index in [1.807, 2.05) is 24.3 Å². The summed E-state index contributed by atoms with van der Waals surface area (Å²) in [7, 11) is 3.58. The van der Waals surface area contributed by atoms with Crippen molar-refractivity contribution in [1.29, 1.82) is 0 Å². The van der Waals surface area contributed by atoms with E-state index in [0.29, 0.717) is 41.8 Å². The van der Waals surface area contributed by atoms with Gasteiger partial charge in [-0.3, -0.25) is 9.79 Å². The monoisotopic (exact) mass is 493 g/mol. The molecule has 0 fully saturated rings. The number of rotatable bonds is 6. The highest BCUT2D eigenvalue weighted by atomic mass is 19.2. The number of para-hydroxylation sites is 2. The summed E-state index contributed by atoms with van der Waals surface area (Å²) in [5.74, 6) is -3.28. The van der Waals surface area contributed by atoms with Gasteiger partial charge in [-0.2, -0.15) is 0 Å². The highest BCUT2D eigenvalue weighted by Crippen LogP contribution is 2.40. The lowest BCUT2D eigenvalue weighted by molar-refractivity contribution is -0.122. The van der Waals surface area contributed by atoms with E-state index in [4.69, 9.17) is 4.74 Å². The minimum Gasteiger partial charge on any atom is -0.493 e. The average Bonchev–Trinajstić information content (AvgIpc) is 2.85. The van der Waals surface area contributed by atoms with Crippen molar-refractivity contribution in [2.75, 3.05) is 20.7 Å². The number of nitrogens with one attached hydrogen (secondary N) is 1. The smallest absolute Gasteiger partial charge is 0.231 e. The molecule has 1 amide bonds. The second-order valence-electron chi connectivity index (χ2n) is 8.69. The second-order valence-corrected chi connectivity index (χ2v) is 8.69. The molecule has 0 saturated heterocycles. The molecule has 8 heteroatoms. The molecule has 186 valence electrons. The summed E-state index contributed by atoms with van der Waals surface area (Å²) in [6.45, 7) is 5.79. The zero-order valence-electron chi connectivity index (χ0n) is 20.2. The van der Waals surface area contributed by atoms with Gasteiger partial charge >= 0.3 is 0 Å². The highest BCUT2D eigenvalue weighted by Gasteiger charge is 2.28. The van der Waals surface area contributed by atoms with Gasteiger partial charge in [0.15, 0.2) is 11.6 Å². The molecule has 3 aromatic carbocycles. The second kappa shape index (κ2) is 10.3. The van der Waals surface area contributed by atoms with E-state index in [9.17, 15) is 18.0 Å². The van der Waals surface area contributed by atoms with Gasteiger partial charge in [0.05, 0.1) is 23.9 Å². The number of fused-ring (bicyclic) bond motifs is 1. The number of nitrogens with zero attached hydrogens (tertiary/aromatic N) is 2. The first-order valence-corrected chi connectivity index (χ1v) is 11.4. The number of aliphatic imine (C=N–C) groups is 1. The Bertz CT molecular complexity index is 1370. The van der Waals surface area contributed by atoms with Crippen LogP contribution in [0.2, 0.25) is 0 Å². The number of hydrogen-bond acceptors (Lipinski definition) is 4. The van der Waals surface area contributed by atoms with E-state index in [-0.39, 0.29) is 28.6 Å². The Hall–Kier alpha value is -4.07. The Morgan fingerprint density at radius 2 is 1.83 bits per heavy atom. The number of halogens is 3. The SMILES string of the molecule is C=Nc1c(/C(=C(\C)NC(=O)C2CCOc3ccccc32)N(C)C)cccc1-c1cc(F)cc(F)c1F. The van der Waals surface area contributed by atoms with Gasteiger partial charge in [-0.05, 0) is 32.2 Å². The molecule has 36 heavy (non-hydrogen) atoms. The summed E-state index contributed by atoms with van der Waals surface area (Å²) >= 11 is 0. The molecule has 4 rings (SSSR count). The topological polar surface area (TPSA) is 53.9 Å². The summed E-state index contributed by atoms with van der Waals surface area (Å²) in [5.41, 5.74) is 2.59. The third kappa shape index (κ3) is 4.71. The predicted molar refractivity (Wildman–Crippen MR) is 135 cm³/mol. The molecule has 0 radical (unpaired) electrons. The lowest BCUT2D eigenvalue weighted by Crippen LogP contribution is -2.32. The van der Waals surface area contributed by atoms with Crippen LogP contribution in [0.5, 0.6) is 5.75 Å². The largest absolute Gasteiger partial charge is 0.493 e. The number of carbonyl (C=O) groups is 1. The number of ether oxygens (including phenoxy) is 1. The van der Waals surface area contributed by atoms with Crippen LogP contribution in [0.1, 0.15) is 30.4 Å². The number of amides is 1. The predicted octanol–water partition coefficient (Wildman–Crippen LogP) is 6.04. The van der Waals surface area contributed by atoms with Crippen LogP contribution in [0, 0.1) is 17.5 Å². The van der Waals surface area contributed by atoms with Crippen LogP contribution in [0.15, 0.2) is 65.3 Å². The van der Waals surface area contributed by atoms with E-state index < -0.39 is 17.5 Å². The third-order valence-electron chi connectivity index (χ3n) is 6.12. The highest BCUT2D eigenvalue weighted by molar-refractivity contribution is 5.91. The van der Waals surface area contributed by atoms with Crippen molar-refractivity contribution in [2.24, 2.45) is 4.99 Å². The fraction of sp³-hybridized carbons (Fsp3) is 0.214. The van der Waals surface area contributed by atoms with E-state index >= 15 is 0 Å². The van der Waals surface area contributed by atoms with E-state index in [2.05, 4.69) is 17.0 Å². The summed E-state index contributed by atoms with van der Waals surface area (Å²) < 4.78 is 48.2. The number of carbonyl (C=O) groups excluding carboxylic acids is 1. The summed E-state index contributed by atoms with van der Waals surface area (Å²) in [6, 6.07) is 13.7. The lowest BCUT2D eigenvalue weighted by Gasteiger charge is -2.27. The molecular formula is C28H26F3N3O2. The van der Waals surface area contributed by atoms with Gasteiger partial charge in [0, 0.05) is 48.1 Å². The van der Waals surface area contributed by atoms with Crippen molar-refractivity contribution in [2.45, 2.75) is 19.3 Å². The molecule has 1 aliphatic rings. The van der Waals surface area contributed by atoms with Crippen molar-refractivity contribution in [1.82, 2.24) is 10.2 Å². The molecule has 1 aliphatic heterocycles. The molecule has 5 nitrogen and oxygen atoms in total. The van der Waals surface area contributed by atoms with Crippen LogP contribution in [-0.2, 0) is 4.79 Å². The maximum absolute atomic E-state index is 14.6. The Morgan fingerprint density at radius 3 is 2.56 bits per heavy atom. The van der Waals surface area contributed by atoms with Crippen molar-refractivity contribution < 1.29 is 22.7 Å². The van der Waals surface area contributed by atoms with Crippen LogP contribution in [-0.4, -0.2) is 38.2 Å². The van der Waals surface area contributed by atoms with Crippen LogP contribution in [0.4, 0.5) is 18.9 Å². The Kier molecular flexibility index (Phi) is 7.15. The maximum atomic E-state index is 14.6. The Balaban J connectivity index is 1.78. The summed E-state index contributed by atoms with van der Waals surface area (Å²) in [5, 5.41) is 3.00. The first-order chi connectivity index (χ1) is 17.2. The van der Waals surface area contributed by atoms with Crippen LogP contribution in [0.25, 0.3) is 16.8 Å². The van der Waals surface area contributed by atoms with Gasteiger partial charge in [0.2, 0.25) is 5.91 Å². The fourth-order valence-electron chi connectivity index (χ4n) is 4.60. The Morgan fingerprint density at radius 1 is 1.08 bits per heavy atom. The van der Waals surface area contributed by atoms with Gasteiger partial charge in [0.1, 0.15) is 11.6 Å². The zero-order valence-corrected chi connectivity index (χ0v) is 20.2. The van der Waals surface area contributed by atoms with E-state index in [1.165, 1.54) is 6.07 Å². The van der Waals surface area contributed by atoms with E-state index in [1.54, 1.807) is 38.1 Å². The Labute approximate surface area is 207 Å².